The molecule has 12 heteroatoms. The molecule has 3 aromatic heterocycles. The van der Waals surface area contributed by atoms with Crippen LogP contribution in [0.5, 0.6) is 0 Å². The lowest BCUT2D eigenvalue weighted by Crippen LogP contribution is -2.19. The fourth-order valence-corrected chi connectivity index (χ4v) is 4.71. The number of nitrogens with one attached hydrogen (secondary N) is 1. The summed E-state index contributed by atoms with van der Waals surface area (Å²) in [5.41, 5.74) is 1.37. The number of hydrogen-bond donors (Lipinski definition) is 1. The van der Waals surface area contributed by atoms with Crippen molar-refractivity contribution >= 4 is 16.9 Å². The first kappa shape index (κ1) is 26.1. The van der Waals surface area contributed by atoms with E-state index < -0.39 is 23.5 Å². The van der Waals surface area contributed by atoms with Gasteiger partial charge in [0.1, 0.15) is 5.82 Å². The van der Waals surface area contributed by atoms with E-state index in [2.05, 4.69) is 25.6 Å². The Balaban J connectivity index is 1.64. The monoisotopic (exact) mass is 537 g/mol. The molecular weight excluding hydrogens is 511 g/mol. The molecule has 9 nitrogen and oxygen atoms in total. The van der Waals surface area contributed by atoms with E-state index in [1.807, 2.05) is 66.2 Å². The maximum atomic E-state index is 14.0. The lowest BCUT2D eigenvalue weighted by atomic mass is 10.1. The first-order valence-electron chi connectivity index (χ1n) is 12.6. The van der Waals surface area contributed by atoms with Crippen molar-refractivity contribution in [3.8, 4) is 17.1 Å². The summed E-state index contributed by atoms with van der Waals surface area (Å²) in [5, 5.41) is 15.0. The highest BCUT2D eigenvalue weighted by Gasteiger charge is 2.41. The number of para-hydroxylation sites is 1. The largest absolute Gasteiger partial charge is 0.461 e. The van der Waals surface area contributed by atoms with E-state index in [1.165, 1.54) is 4.57 Å². The second-order valence-corrected chi connectivity index (χ2v) is 8.94. The van der Waals surface area contributed by atoms with Crippen LogP contribution in [0.15, 0.2) is 54.7 Å². The van der Waals surface area contributed by atoms with Gasteiger partial charge in [-0.2, -0.15) is 13.2 Å². The Morgan fingerprint density at radius 1 is 1.08 bits per heavy atom. The van der Waals surface area contributed by atoms with Crippen LogP contribution in [0.4, 0.5) is 13.2 Å². The van der Waals surface area contributed by atoms with Crippen LogP contribution in [0.1, 0.15) is 54.3 Å². The van der Waals surface area contributed by atoms with Gasteiger partial charge in [-0.1, -0.05) is 37.6 Å². The fraction of sp³-hybridized carbons (Fsp3) is 0.296. The average Bonchev–Trinajstić information content (AvgIpc) is 3.67. The lowest BCUT2D eigenvalue weighted by molar-refractivity contribution is -0.141. The van der Waals surface area contributed by atoms with Gasteiger partial charge >= 0.3 is 12.1 Å². The van der Waals surface area contributed by atoms with Gasteiger partial charge in [-0.3, -0.25) is 0 Å². The number of carbonyl (C=O) groups excluding carboxylic acids is 1. The molecule has 0 atom stereocenters. The molecule has 0 unspecified atom stereocenters. The Morgan fingerprint density at radius 3 is 2.62 bits per heavy atom. The number of aryl methyl sites for hydroxylation is 1. The molecule has 1 N–H and O–H groups in total. The number of halogens is 3. The van der Waals surface area contributed by atoms with E-state index >= 15 is 0 Å². The number of aromatic amines is 1. The minimum absolute atomic E-state index is 0.0191. The minimum Gasteiger partial charge on any atom is -0.461 e. The average molecular weight is 538 g/mol. The van der Waals surface area contributed by atoms with Gasteiger partial charge in [-0.25, -0.2) is 14.9 Å². The third kappa shape index (κ3) is 5.01. The summed E-state index contributed by atoms with van der Waals surface area (Å²) in [7, 11) is 0. The van der Waals surface area contributed by atoms with E-state index in [-0.39, 0.29) is 19.0 Å². The van der Waals surface area contributed by atoms with Gasteiger partial charge in [0.2, 0.25) is 0 Å². The normalized spacial score (nSPS) is 11.8. The lowest BCUT2D eigenvalue weighted by Gasteiger charge is -2.14. The summed E-state index contributed by atoms with van der Waals surface area (Å²) in [6.45, 7) is 3.47. The van der Waals surface area contributed by atoms with Crippen molar-refractivity contribution in [3.63, 3.8) is 0 Å². The molecule has 3 heterocycles. The number of H-pyrrole nitrogens is 1. The molecule has 0 saturated carbocycles. The predicted octanol–water partition coefficient (Wildman–Crippen LogP) is 5.59. The van der Waals surface area contributed by atoms with Crippen LogP contribution in [-0.4, -0.2) is 47.3 Å². The van der Waals surface area contributed by atoms with E-state index in [1.54, 1.807) is 6.92 Å². The third-order valence-corrected chi connectivity index (χ3v) is 6.45. The Morgan fingerprint density at radius 2 is 1.90 bits per heavy atom. The van der Waals surface area contributed by atoms with Crippen molar-refractivity contribution in [2.24, 2.45) is 0 Å². The molecule has 5 aromatic rings. The molecule has 0 aliphatic rings. The standard InChI is InChI=1S/C27H26F3N7O2/c1-3-5-13-22-31-24(27(28,29)30)23(26(38)39-4-2)37(22)16-17-9-8-12-20-18(17)14-15-36(20)21-11-7-6-10-19(21)25-32-34-35-33-25/h6-12,14-15H,3-5,13,16H2,1-2H3,(H,32,33,34,35). The SMILES string of the molecule is CCCCc1nc(C(F)(F)F)c(C(=O)OCC)n1Cc1cccc2c1ccn2-c1ccccc1-c1nnn[nH]1. The van der Waals surface area contributed by atoms with Gasteiger partial charge in [-0.05, 0) is 53.6 Å². The molecule has 0 spiro atoms. The molecular formula is C27H26F3N7O2. The summed E-state index contributed by atoms with van der Waals surface area (Å²) in [6.07, 6.45) is -1.22. The molecule has 202 valence electrons. The van der Waals surface area contributed by atoms with E-state index in [0.29, 0.717) is 18.7 Å². The van der Waals surface area contributed by atoms with Gasteiger partial charge < -0.3 is 13.9 Å². The second kappa shape index (κ2) is 10.7. The van der Waals surface area contributed by atoms with Crippen molar-refractivity contribution in [2.45, 2.75) is 45.8 Å². The summed E-state index contributed by atoms with van der Waals surface area (Å²) in [5.74, 6) is -0.340. The van der Waals surface area contributed by atoms with Crippen LogP contribution < -0.4 is 0 Å². The van der Waals surface area contributed by atoms with Crippen LogP contribution in [-0.2, 0) is 23.9 Å². The summed E-state index contributed by atoms with van der Waals surface area (Å²) in [6, 6.07) is 15.1. The highest BCUT2D eigenvalue weighted by Crippen LogP contribution is 2.34. The third-order valence-electron chi connectivity index (χ3n) is 6.45. The Labute approximate surface area is 221 Å². The molecule has 2 aromatic carbocycles. The van der Waals surface area contributed by atoms with Crippen LogP contribution >= 0.6 is 0 Å². The number of carbonyl (C=O) groups is 1. The number of nitrogens with zero attached hydrogens (tertiary/aromatic N) is 6. The van der Waals surface area contributed by atoms with E-state index in [4.69, 9.17) is 4.74 Å². The van der Waals surface area contributed by atoms with Crippen molar-refractivity contribution in [1.82, 2.24) is 34.7 Å². The number of imidazole rings is 1. The van der Waals surface area contributed by atoms with Gasteiger partial charge in [0.05, 0.1) is 24.4 Å². The molecule has 0 radical (unpaired) electrons. The highest BCUT2D eigenvalue weighted by atomic mass is 19.4. The predicted molar refractivity (Wildman–Crippen MR) is 137 cm³/mol. The zero-order valence-electron chi connectivity index (χ0n) is 21.4. The van der Waals surface area contributed by atoms with Gasteiger partial charge in [-0.15, -0.1) is 5.10 Å². The summed E-state index contributed by atoms with van der Waals surface area (Å²) in [4.78, 5) is 16.7. The quantitative estimate of drug-likeness (QED) is 0.246. The van der Waals surface area contributed by atoms with E-state index in [9.17, 15) is 18.0 Å². The van der Waals surface area contributed by atoms with Crippen LogP contribution in [0, 0.1) is 0 Å². The van der Waals surface area contributed by atoms with Gasteiger partial charge in [0.15, 0.2) is 17.2 Å². The van der Waals surface area contributed by atoms with Crippen LogP contribution in [0.2, 0.25) is 0 Å². The number of unbranched alkanes of at least 4 members (excludes halogenated alkanes) is 1. The van der Waals surface area contributed by atoms with Crippen molar-refractivity contribution in [2.75, 3.05) is 6.61 Å². The molecule has 0 aliphatic heterocycles. The molecule has 0 amide bonds. The zero-order chi connectivity index (χ0) is 27.6. The number of ether oxygens (including phenoxy) is 1. The number of benzene rings is 2. The van der Waals surface area contributed by atoms with Crippen LogP contribution in [0.3, 0.4) is 0 Å². The molecule has 0 saturated heterocycles. The fourth-order valence-electron chi connectivity index (χ4n) is 4.71. The number of esters is 1. The Bertz CT molecular complexity index is 1600. The highest BCUT2D eigenvalue weighted by molar-refractivity contribution is 5.90. The topological polar surface area (TPSA) is 104 Å². The molecule has 0 bridgehead atoms. The Kier molecular flexibility index (Phi) is 7.18. The van der Waals surface area contributed by atoms with Crippen molar-refractivity contribution < 1.29 is 22.7 Å². The maximum Gasteiger partial charge on any atom is 0.435 e. The molecule has 0 aliphatic carbocycles. The second-order valence-electron chi connectivity index (χ2n) is 8.94. The van der Waals surface area contributed by atoms with Gasteiger partial charge in [0.25, 0.3) is 0 Å². The molecule has 5 rings (SSSR count). The number of fused-ring (bicyclic) bond motifs is 1. The first-order valence-corrected chi connectivity index (χ1v) is 12.6. The summed E-state index contributed by atoms with van der Waals surface area (Å²) >= 11 is 0. The number of aromatic nitrogens is 7. The van der Waals surface area contributed by atoms with Crippen molar-refractivity contribution in [3.05, 3.63) is 77.5 Å². The van der Waals surface area contributed by atoms with E-state index in [0.717, 1.165) is 34.1 Å². The molecule has 0 fully saturated rings. The number of tetrazole rings is 1. The first-order chi connectivity index (χ1) is 18.8. The molecule has 39 heavy (non-hydrogen) atoms. The van der Waals surface area contributed by atoms with Gasteiger partial charge in [0, 0.05) is 23.6 Å². The summed E-state index contributed by atoms with van der Waals surface area (Å²) < 4.78 is 50.4. The number of alkyl halides is 3. The minimum atomic E-state index is -4.80. The smallest absolute Gasteiger partial charge is 0.435 e. The van der Waals surface area contributed by atoms with Crippen molar-refractivity contribution in [1.29, 1.82) is 0 Å². The van der Waals surface area contributed by atoms with Crippen LogP contribution in [0.25, 0.3) is 28.0 Å². The maximum absolute atomic E-state index is 14.0. The number of rotatable bonds is 9. The zero-order valence-corrected chi connectivity index (χ0v) is 21.4. The Hall–Kier alpha value is -4.48. The number of hydrogen-bond acceptors (Lipinski definition) is 6.